The molecular weight excluding hydrogens is 422 g/mol. The molecule has 2 fully saturated rings. The fraction of sp³-hybridized carbons (Fsp3) is 0.480. The fourth-order valence-electron chi connectivity index (χ4n) is 4.38. The predicted octanol–water partition coefficient (Wildman–Crippen LogP) is 3.33. The van der Waals surface area contributed by atoms with E-state index in [4.69, 9.17) is 9.15 Å². The molecule has 4 rings (SSSR count). The number of unbranched alkanes of at least 4 members (excludes halogenated alkanes) is 3. The SMILES string of the molecule is CCCCCCOc1ccc(N2C(=O)C[C@@H](N3CCN(C(=O)c4ccco4)CC3)C2=O)cc1. The van der Waals surface area contributed by atoms with E-state index in [1.807, 2.05) is 17.0 Å². The number of imide groups is 1. The lowest BCUT2D eigenvalue weighted by Crippen LogP contribution is -2.53. The lowest BCUT2D eigenvalue weighted by molar-refractivity contribution is -0.123. The Balaban J connectivity index is 1.31. The minimum atomic E-state index is -0.493. The number of anilines is 1. The number of hydrogen-bond acceptors (Lipinski definition) is 6. The van der Waals surface area contributed by atoms with Gasteiger partial charge in [-0.3, -0.25) is 19.3 Å². The van der Waals surface area contributed by atoms with E-state index in [0.29, 0.717) is 44.2 Å². The van der Waals surface area contributed by atoms with Crippen molar-refractivity contribution in [2.24, 2.45) is 0 Å². The lowest BCUT2D eigenvalue weighted by atomic mass is 10.1. The van der Waals surface area contributed by atoms with Crippen molar-refractivity contribution in [3.63, 3.8) is 0 Å². The Morgan fingerprint density at radius 3 is 2.45 bits per heavy atom. The van der Waals surface area contributed by atoms with Crippen LogP contribution in [-0.2, 0) is 9.59 Å². The number of benzene rings is 1. The van der Waals surface area contributed by atoms with Gasteiger partial charge >= 0.3 is 0 Å². The van der Waals surface area contributed by atoms with Crippen molar-refractivity contribution in [1.82, 2.24) is 9.80 Å². The third-order valence-corrected chi connectivity index (χ3v) is 6.26. The van der Waals surface area contributed by atoms with Crippen molar-refractivity contribution in [3.8, 4) is 5.75 Å². The minimum Gasteiger partial charge on any atom is -0.494 e. The van der Waals surface area contributed by atoms with Crippen molar-refractivity contribution in [2.75, 3.05) is 37.7 Å². The lowest BCUT2D eigenvalue weighted by Gasteiger charge is -2.36. The number of carbonyl (C=O) groups is 3. The largest absolute Gasteiger partial charge is 0.494 e. The number of ether oxygens (including phenoxy) is 1. The summed E-state index contributed by atoms with van der Waals surface area (Å²) in [6.45, 7) is 4.89. The van der Waals surface area contributed by atoms with E-state index >= 15 is 0 Å². The second-order valence-corrected chi connectivity index (χ2v) is 8.50. The second-order valence-electron chi connectivity index (χ2n) is 8.50. The summed E-state index contributed by atoms with van der Waals surface area (Å²) in [6.07, 6.45) is 6.19. The van der Waals surface area contributed by atoms with Crippen LogP contribution in [0.1, 0.15) is 49.6 Å². The molecule has 8 nitrogen and oxygen atoms in total. The van der Waals surface area contributed by atoms with Gasteiger partial charge in [-0.05, 0) is 42.8 Å². The zero-order valence-electron chi connectivity index (χ0n) is 19.1. The molecule has 2 aromatic rings. The average molecular weight is 454 g/mol. The third kappa shape index (κ3) is 5.27. The highest BCUT2D eigenvalue weighted by Crippen LogP contribution is 2.28. The van der Waals surface area contributed by atoms with E-state index in [2.05, 4.69) is 6.92 Å². The molecule has 0 radical (unpaired) electrons. The molecule has 0 aliphatic carbocycles. The summed E-state index contributed by atoms with van der Waals surface area (Å²) in [7, 11) is 0. The molecule has 0 bridgehead atoms. The molecule has 2 saturated heterocycles. The summed E-state index contributed by atoms with van der Waals surface area (Å²) in [4.78, 5) is 43.3. The zero-order valence-corrected chi connectivity index (χ0v) is 19.1. The first-order valence-electron chi connectivity index (χ1n) is 11.7. The molecule has 176 valence electrons. The highest BCUT2D eigenvalue weighted by Gasteiger charge is 2.43. The topological polar surface area (TPSA) is 83.3 Å². The molecule has 33 heavy (non-hydrogen) atoms. The van der Waals surface area contributed by atoms with Crippen LogP contribution >= 0.6 is 0 Å². The Morgan fingerprint density at radius 2 is 1.79 bits per heavy atom. The molecule has 1 aromatic heterocycles. The van der Waals surface area contributed by atoms with Crippen molar-refractivity contribution in [1.29, 1.82) is 0 Å². The summed E-state index contributed by atoms with van der Waals surface area (Å²) in [5, 5.41) is 0. The van der Waals surface area contributed by atoms with E-state index in [9.17, 15) is 14.4 Å². The summed E-state index contributed by atoms with van der Waals surface area (Å²) in [6, 6.07) is 9.98. The molecule has 0 spiro atoms. The van der Waals surface area contributed by atoms with Crippen LogP contribution in [0, 0.1) is 0 Å². The highest BCUT2D eigenvalue weighted by atomic mass is 16.5. The second kappa shape index (κ2) is 10.7. The smallest absolute Gasteiger partial charge is 0.289 e. The number of amides is 3. The Bertz CT molecular complexity index is 949. The quantitative estimate of drug-likeness (QED) is 0.428. The number of hydrogen-bond donors (Lipinski definition) is 0. The molecule has 3 amide bonds. The van der Waals surface area contributed by atoms with Crippen LogP contribution in [0.2, 0.25) is 0 Å². The molecule has 0 N–H and O–H groups in total. The molecule has 2 aliphatic heterocycles. The van der Waals surface area contributed by atoms with Crippen molar-refractivity contribution >= 4 is 23.4 Å². The molecule has 1 aromatic carbocycles. The third-order valence-electron chi connectivity index (χ3n) is 6.26. The molecule has 1 atom stereocenters. The molecule has 0 unspecified atom stereocenters. The average Bonchev–Trinajstić information content (AvgIpc) is 3.47. The Hall–Kier alpha value is -3.13. The van der Waals surface area contributed by atoms with Crippen LogP contribution in [0.15, 0.2) is 47.1 Å². The Morgan fingerprint density at radius 1 is 1.03 bits per heavy atom. The maximum absolute atomic E-state index is 13.1. The summed E-state index contributed by atoms with van der Waals surface area (Å²) < 4.78 is 11.0. The summed E-state index contributed by atoms with van der Waals surface area (Å²) >= 11 is 0. The zero-order chi connectivity index (χ0) is 23.2. The van der Waals surface area contributed by atoms with Crippen molar-refractivity contribution in [2.45, 2.75) is 45.1 Å². The van der Waals surface area contributed by atoms with E-state index in [-0.39, 0.29) is 24.1 Å². The monoisotopic (exact) mass is 453 g/mol. The molecule has 0 saturated carbocycles. The number of carbonyl (C=O) groups excluding carboxylic acids is 3. The van der Waals surface area contributed by atoms with E-state index in [1.54, 1.807) is 29.2 Å². The predicted molar refractivity (Wildman–Crippen MR) is 123 cm³/mol. The van der Waals surface area contributed by atoms with Crippen LogP contribution in [0.4, 0.5) is 5.69 Å². The van der Waals surface area contributed by atoms with Crippen LogP contribution in [0.25, 0.3) is 0 Å². The van der Waals surface area contributed by atoms with Gasteiger partial charge in [-0.1, -0.05) is 26.2 Å². The standard InChI is InChI=1S/C25H31N3O5/c1-2-3-4-5-16-32-20-10-8-19(9-11-20)28-23(29)18-21(24(28)30)26-12-14-27(15-13-26)25(31)22-7-6-17-33-22/h6-11,17,21H,2-5,12-16,18H2,1H3/t21-/m1/s1. The van der Waals surface area contributed by atoms with Crippen LogP contribution in [0.5, 0.6) is 5.75 Å². The van der Waals surface area contributed by atoms with Gasteiger partial charge in [0.05, 0.1) is 31.0 Å². The normalized spacial score (nSPS) is 19.4. The van der Waals surface area contributed by atoms with Crippen LogP contribution < -0.4 is 9.64 Å². The van der Waals surface area contributed by atoms with E-state index in [1.165, 1.54) is 24.0 Å². The van der Waals surface area contributed by atoms with Crippen molar-refractivity contribution < 1.29 is 23.5 Å². The number of rotatable bonds is 9. The van der Waals surface area contributed by atoms with Crippen LogP contribution in [0.3, 0.4) is 0 Å². The first-order valence-corrected chi connectivity index (χ1v) is 11.7. The molecule has 2 aliphatic rings. The Kier molecular flexibility index (Phi) is 7.44. The van der Waals surface area contributed by atoms with Gasteiger partial charge in [-0.25, -0.2) is 4.90 Å². The highest BCUT2D eigenvalue weighted by molar-refractivity contribution is 6.22. The molecular formula is C25H31N3O5. The van der Waals surface area contributed by atoms with E-state index < -0.39 is 6.04 Å². The first-order chi connectivity index (χ1) is 16.1. The maximum Gasteiger partial charge on any atom is 0.289 e. The van der Waals surface area contributed by atoms with Crippen LogP contribution in [-0.4, -0.2) is 66.3 Å². The summed E-state index contributed by atoms with van der Waals surface area (Å²) in [5.41, 5.74) is 0.567. The minimum absolute atomic E-state index is 0.150. The van der Waals surface area contributed by atoms with Gasteiger partial charge in [0.1, 0.15) is 5.75 Å². The number of nitrogens with zero attached hydrogens (tertiary/aromatic N) is 3. The van der Waals surface area contributed by atoms with E-state index in [0.717, 1.165) is 18.6 Å². The van der Waals surface area contributed by atoms with Gasteiger partial charge in [-0.2, -0.15) is 0 Å². The van der Waals surface area contributed by atoms with Crippen molar-refractivity contribution in [3.05, 3.63) is 48.4 Å². The van der Waals surface area contributed by atoms with Gasteiger partial charge in [0.2, 0.25) is 5.91 Å². The van der Waals surface area contributed by atoms with Gasteiger partial charge in [-0.15, -0.1) is 0 Å². The fourth-order valence-corrected chi connectivity index (χ4v) is 4.38. The molecule has 8 heteroatoms. The number of furan rings is 1. The van der Waals surface area contributed by atoms with Gasteiger partial charge in [0.25, 0.3) is 11.8 Å². The Labute approximate surface area is 194 Å². The first kappa shape index (κ1) is 23.0. The van der Waals surface area contributed by atoms with Gasteiger partial charge in [0, 0.05) is 26.2 Å². The molecule has 3 heterocycles. The van der Waals surface area contributed by atoms with Gasteiger partial charge in [0.15, 0.2) is 5.76 Å². The number of piperazine rings is 1. The van der Waals surface area contributed by atoms with Gasteiger partial charge < -0.3 is 14.1 Å². The summed E-state index contributed by atoms with van der Waals surface area (Å²) in [5.74, 6) is 0.493. The maximum atomic E-state index is 13.1.